The monoisotopic (exact) mass is 253 g/mol. The van der Waals surface area contributed by atoms with Crippen molar-refractivity contribution < 1.29 is 4.39 Å². The van der Waals surface area contributed by atoms with Gasteiger partial charge in [-0.25, -0.2) is 4.39 Å². The molecule has 0 saturated heterocycles. The van der Waals surface area contributed by atoms with Gasteiger partial charge in [-0.3, -0.25) is 0 Å². The molecule has 1 saturated carbocycles. The number of thioether (sulfide) groups is 1. The molecular weight excluding hydrogens is 233 g/mol. The van der Waals surface area contributed by atoms with Crippen LogP contribution >= 0.6 is 11.8 Å². The molecule has 0 aromatic heterocycles. The first-order chi connectivity index (χ1) is 8.17. The molecule has 2 rings (SSSR count). The maximum atomic E-state index is 12.8. The molecule has 1 aliphatic carbocycles. The van der Waals surface area contributed by atoms with E-state index in [1.807, 2.05) is 23.9 Å². The van der Waals surface area contributed by atoms with Gasteiger partial charge in [0.05, 0.1) is 0 Å². The second-order valence-corrected chi connectivity index (χ2v) is 6.55. The van der Waals surface area contributed by atoms with Gasteiger partial charge in [0.15, 0.2) is 0 Å². The molecule has 94 valence electrons. The molecule has 0 unspecified atom stereocenters. The molecule has 3 heteroatoms. The van der Waals surface area contributed by atoms with Gasteiger partial charge in [-0.05, 0) is 43.0 Å². The second-order valence-electron chi connectivity index (χ2n) is 5.01. The summed E-state index contributed by atoms with van der Waals surface area (Å²) >= 11 is 1.82. The summed E-state index contributed by atoms with van der Waals surface area (Å²) in [4.78, 5) is 1.13. The van der Waals surface area contributed by atoms with Crippen molar-refractivity contribution in [2.75, 3.05) is 6.54 Å². The Bertz CT molecular complexity index is 357. The summed E-state index contributed by atoms with van der Waals surface area (Å²) in [5.41, 5.74) is 5.91. The van der Waals surface area contributed by atoms with Crippen molar-refractivity contribution in [3.05, 3.63) is 30.1 Å². The van der Waals surface area contributed by atoms with Crippen molar-refractivity contribution in [2.24, 2.45) is 11.7 Å². The Morgan fingerprint density at radius 3 is 2.53 bits per heavy atom. The molecule has 0 bridgehead atoms. The fourth-order valence-corrected chi connectivity index (χ4v) is 4.14. The van der Waals surface area contributed by atoms with Crippen molar-refractivity contribution in [1.82, 2.24) is 0 Å². The van der Waals surface area contributed by atoms with Crippen LogP contribution in [0.4, 0.5) is 4.39 Å². The molecule has 1 fully saturated rings. The Morgan fingerprint density at radius 1 is 1.35 bits per heavy atom. The smallest absolute Gasteiger partial charge is 0.123 e. The standard InChI is InChI=1S/C14H20FNS/c1-2-3-11-8-14(9-11,10-16)17-13-6-4-12(15)5-7-13/h4-7,11H,2-3,8-10,16H2,1H3. The zero-order chi connectivity index (χ0) is 12.3. The van der Waals surface area contributed by atoms with E-state index in [1.165, 1.54) is 37.8 Å². The van der Waals surface area contributed by atoms with Crippen LogP contribution in [0.2, 0.25) is 0 Å². The summed E-state index contributed by atoms with van der Waals surface area (Å²) in [5.74, 6) is 0.671. The highest BCUT2D eigenvalue weighted by molar-refractivity contribution is 8.00. The zero-order valence-electron chi connectivity index (χ0n) is 10.3. The summed E-state index contributed by atoms with van der Waals surface area (Å²) in [7, 11) is 0. The highest BCUT2D eigenvalue weighted by Crippen LogP contribution is 2.51. The van der Waals surface area contributed by atoms with Gasteiger partial charge in [0.2, 0.25) is 0 Å². The van der Waals surface area contributed by atoms with Crippen LogP contribution in [0.25, 0.3) is 0 Å². The zero-order valence-corrected chi connectivity index (χ0v) is 11.1. The van der Waals surface area contributed by atoms with Crippen molar-refractivity contribution in [1.29, 1.82) is 0 Å². The molecule has 1 aliphatic rings. The highest BCUT2D eigenvalue weighted by atomic mass is 32.2. The van der Waals surface area contributed by atoms with E-state index < -0.39 is 0 Å². The molecule has 17 heavy (non-hydrogen) atoms. The quantitative estimate of drug-likeness (QED) is 0.863. The largest absolute Gasteiger partial charge is 0.329 e. The van der Waals surface area contributed by atoms with Crippen LogP contribution < -0.4 is 5.73 Å². The number of nitrogens with two attached hydrogens (primary N) is 1. The van der Waals surface area contributed by atoms with Crippen LogP contribution in [0.5, 0.6) is 0 Å². The first kappa shape index (κ1) is 12.9. The fraction of sp³-hybridized carbons (Fsp3) is 0.571. The summed E-state index contributed by atoms with van der Waals surface area (Å²) in [6.45, 7) is 2.95. The van der Waals surface area contributed by atoms with Crippen LogP contribution in [0.15, 0.2) is 29.2 Å². The van der Waals surface area contributed by atoms with Crippen molar-refractivity contribution in [3.63, 3.8) is 0 Å². The van der Waals surface area contributed by atoms with Crippen molar-refractivity contribution in [3.8, 4) is 0 Å². The van der Waals surface area contributed by atoms with Gasteiger partial charge in [-0.1, -0.05) is 19.8 Å². The average Bonchev–Trinajstić information content (AvgIpc) is 2.29. The predicted octanol–water partition coefficient (Wildman–Crippen LogP) is 3.83. The molecule has 2 N–H and O–H groups in total. The lowest BCUT2D eigenvalue weighted by atomic mass is 9.72. The molecule has 0 radical (unpaired) electrons. The summed E-state index contributed by atoms with van der Waals surface area (Å²) in [6, 6.07) is 6.75. The molecule has 0 amide bonds. The Labute approximate surface area is 107 Å². The fourth-order valence-electron chi connectivity index (χ4n) is 2.65. The number of hydrogen-bond donors (Lipinski definition) is 1. The van der Waals surface area contributed by atoms with Crippen molar-refractivity contribution >= 4 is 11.8 Å². The van der Waals surface area contributed by atoms with Gasteiger partial charge in [-0.2, -0.15) is 0 Å². The predicted molar refractivity (Wildman–Crippen MR) is 71.7 cm³/mol. The van der Waals surface area contributed by atoms with Gasteiger partial charge < -0.3 is 5.73 Å². The second kappa shape index (κ2) is 5.40. The van der Waals surface area contributed by atoms with Gasteiger partial charge in [-0.15, -0.1) is 11.8 Å². The Hall–Kier alpha value is -0.540. The van der Waals surface area contributed by atoms with E-state index in [1.54, 1.807) is 0 Å². The Morgan fingerprint density at radius 2 is 2.00 bits per heavy atom. The van der Waals surface area contributed by atoms with E-state index in [0.717, 1.165) is 17.4 Å². The Balaban J connectivity index is 1.95. The third-order valence-electron chi connectivity index (χ3n) is 3.54. The number of benzene rings is 1. The third-order valence-corrected chi connectivity index (χ3v) is 4.98. The Kier molecular flexibility index (Phi) is 4.10. The molecule has 1 aromatic rings. The summed E-state index contributed by atoms with van der Waals surface area (Å²) < 4.78 is 13.0. The minimum Gasteiger partial charge on any atom is -0.329 e. The SMILES string of the molecule is CCCC1CC(CN)(Sc2ccc(F)cc2)C1. The average molecular weight is 253 g/mol. The minimum absolute atomic E-state index is 0.173. The van der Waals surface area contributed by atoms with Crippen LogP contribution in [0.1, 0.15) is 32.6 Å². The molecular formula is C14H20FNS. The first-order valence-corrected chi connectivity index (χ1v) is 7.14. The van der Waals surface area contributed by atoms with Gasteiger partial charge in [0, 0.05) is 16.2 Å². The van der Waals surface area contributed by atoms with Crippen LogP contribution in [-0.4, -0.2) is 11.3 Å². The minimum atomic E-state index is -0.173. The van der Waals surface area contributed by atoms with Crippen LogP contribution in [0, 0.1) is 11.7 Å². The molecule has 0 atom stereocenters. The third kappa shape index (κ3) is 3.02. The highest BCUT2D eigenvalue weighted by Gasteiger charge is 2.43. The lowest BCUT2D eigenvalue weighted by Crippen LogP contribution is -2.46. The topological polar surface area (TPSA) is 26.0 Å². The van der Waals surface area contributed by atoms with E-state index in [0.29, 0.717) is 0 Å². The molecule has 1 aromatic carbocycles. The molecule has 1 nitrogen and oxygen atoms in total. The summed E-state index contributed by atoms with van der Waals surface area (Å²) in [5, 5.41) is 0. The van der Waals surface area contributed by atoms with E-state index >= 15 is 0 Å². The summed E-state index contributed by atoms with van der Waals surface area (Å²) in [6.07, 6.45) is 4.98. The molecule has 0 heterocycles. The van der Waals surface area contributed by atoms with Crippen LogP contribution in [0.3, 0.4) is 0 Å². The number of halogens is 1. The van der Waals surface area contributed by atoms with Gasteiger partial charge >= 0.3 is 0 Å². The van der Waals surface area contributed by atoms with Gasteiger partial charge in [0.25, 0.3) is 0 Å². The van der Waals surface area contributed by atoms with Crippen LogP contribution in [-0.2, 0) is 0 Å². The van der Waals surface area contributed by atoms with E-state index in [2.05, 4.69) is 6.92 Å². The van der Waals surface area contributed by atoms with E-state index in [-0.39, 0.29) is 10.6 Å². The number of hydrogen-bond acceptors (Lipinski definition) is 2. The van der Waals surface area contributed by atoms with Gasteiger partial charge in [0.1, 0.15) is 5.82 Å². The lowest BCUT2D eigenvalue weighted by molar-refractivity contribution is 0.220. The van der Waals surface area contributed by atoms with Crippen molar-refractivity contribution in [2.45, 2.75) is 42.2 Å². The van der Waals surface area contributed by atoms with E-state index in [4.69, 9.17) is 5.73 Å². The maximum Gasteiger partial charge on any atom is 0.123 e. The van der Waals surface area contributed by atoms with E-state index in [9.17, 15) is 4.39 Å². The normalized spacial score (nSPS) is 27.8. The maximum absolute atomic E-state index is 12.8. The molecule has 0 spiro atoms. The first-order valence-electron chi connectivity index (χ1n) is 6.32. The molecule has 0 aliphatic heterocycles. The number of rotatable bonds is 5. The lowest BCUT2D eigenvalue weighted by Gasteiger charge is -2.46.